The van der Waals surface area contributed by atoms with E-state index < -0.39 is 17.8 Å². The predicted molar refractivity (Wildman–Crippen MR) is 93.4 cm³/mol. The van der Waals surface area contributed by atoms with Crippen molar-refractivity contribution in [3.05, 3.63) is 65.7 Å². The molecule has 3 nitrogen and oxygen atoms in total. The van der Waals surface area contributed by atoms with Gasteiger partial charge in [-0.3, -0.25) is 4.79 Å². The lowest BCUT2D eigenvalue weighted by molar-refractivity contribution is -0.714. The molecule has 6 heteroatoms. The van der Waals surface area contributed by atoms with E-state index in [0.717, 1.165) is 43.4 Å². The van der Waals surface area contributed by atoms with E-state index in [2.05, 4.69) is 5.32 Å². The lowest BCUT2D eigenvalue weighted by Gasteiger charge is -2.20. The fourth-order valence-electron chi connectivity index (χ4n) is 3.43. The zero-order chi connectivity index (χ0) is 18.6. The van der Waals surface area contributed by atoms with Gasteiger partial charge in [-0.1, -0.05) is 36.4 Å². The molecule has 3 rings (SSSR count). The molecule has 0 saturated heterocycles. The van der Waals surface area contributed by atoms with Crippen molar-refractivity contribution in [2.75, 3.05) is 5.32 Å². The van der Waals surface area contributed by atoms with Crippen LogP contribution in [-0.4, -0.2) is 11.9 Å². The van der Waals surface area contributed by atoms with E-state index in [4.69, 9.17) is 0 Å². The summed E-state index contributed by atoms with van der Waals surface area (Å²) < 4.78 is 38.6. The fraction of sp³-hybridized carbons (Fsp3) is 0.350. The molecule has 0 spiro atoms. The van der Waals surface area contributed by atoms with Crippen LogP contribution in [0.1, 0.15) is 42.9 Å². The Balaban J connectivity index is 1.79. The highest BCUT2D eigenvalue weighted by Crippen LogP contribution is 2.30. The van der Waals surface area contributed by atoms with Gasteiger partial charge in [0.05, 0.1) is 11.6 Å². The molecule has 1 aliphatic carbocycles. The third-order valence-electron chi connectivity index (χ3n) is 4.76. The summed E-state index contributed by atoms with van der Waals surface area (Å²) in [6.45, 7) is 0. The Bertz CT molecular complexity index is 740. The highest BCUT2D eigenvalue weighted by atomic mass is 19.4. The number of amides is 1. The predicted octanol–water partition coefficient (Wildman–Crippen LogP) is 3.89. The summed E-state index contributed by atoms with van der Waals surface area (Å²) in [5.41, 5.74) is 0.237. The van der Waals surface area contributed by atoms with Crippen molar-refractivity contribution >= 4 is 11.6 Å². The minimum Gasteiger partial charge on any atom is -0.330 e. The summed E-state index contributed by atoms with van der Waals surface area (Å²) in [5.74, 6) is -0.303. The molecule has 1 fully saturated rings. The number of carbonyl (C=O) groups excluding carboxylic acids is 1. The summed E-state index contributed by atoms with van der Waals surface area (Å²) >= 11 is 0. The first kappa shape index (κ1) is 18.5. The maximum atomic E-state index is 12.9. The number of carbonyl (C=O) groups is 1. The fourth-order valence-corrected chi connectivity index (χ4v) is 3.43. The van der Waals surface area contributed by atoms with E-state index in [1.54, 1.807) is 0 Å². The largest absolute Gasteiger partial charge is 0.416 e. The Morgan fingerprint density at radius 1 is 1.04 bits per heavy atom. The Kier molecular flexibility index (Phi) is 5.61. The van der Waals surface area contributed by atoms with Crippen LogP contribution in [0, 0.1) is 0 Å². The SMILES string of the molecule is O=C(Nc1cccc(C(F)(F)F)c1)[C@@H]([NH2+]C1CCCC1)c1ccccc1. The molecule has 2 aromatic rings. The van der Waals surface area contributed by atoms with E-state index in [0.29, 0.717) is 6.04 Å². The molecule has 0 bridgehead atoms. The van der Waals surface area contributed by atoms with Gasteiger partial charge in [0.15, 0.2) is 6.04 Å². The third-order valence-corrected chi connectivity index (χ3v) is 4.76. The van der Waals surface area contributed by atoms with Crippen molar-refractivity contribution in [1.29, 1.82) is 0 Å². The van der Waals surface area contributed by atoms with Gasteiger partial charge in [-0.05, 0) is 43.9 Å². The van der Waals surface area contributed by atoms with Crippen LogP contribution < -0.4 is 10.6 Å². The normalized spacial score (nSPS) is 16.4. The van der Waals surface area contributed by atoms with Crippen LogP contribution >= 0.6 is 0 Å². The molecule has 1 atom stereocenters. The molecule has 1 amide bonds. The summed E-state index contributed by atoms with van der Waals surface area (Å²) in [7, 11) is 0. The number of hydrogen-bond donors (Lipinski definition) is 2. The van der Waals surface area contributed by atoms with Crippen LogP contribution in [0.3, 0.4) is 0 Å². The first-order valence-electron chi connectivity index (χ1n) is 8.81. The minimum absolute atomic E-state index is 0.158. The Hall–Kier alpha value is -2.34. The number of benzene rings is 2. The molecule has 3 N–H and O–H groups in total. The maximum absolute atomic E-state index is 12.9. The van der Waals surface area contributed by atoms with Gasteiger partial charge in [-0.25, -0.2) is 0 Å². The Morgan fingerprint density at radius 2 is 1.73 bits per heavy atom. The second kappa shape index (κ2) is 7.91. The molecule has 0 radical (unpaired) electrons. The molecule has 0 heterocycles. The van der Waals surface area contributed by atoms with E-state index in [1.165, 1.54) is 12.1 Å². The van der Waals surface area contributed by atoms with Crippen LogP contribution in [0.5, 0.6) is 0 Å². The molecule has 1 aliphatic rings. The lowest BCUT2D eigenvalue weighted by atomic mass is 10.0. The topological polar surface area (TPSA) is 45.7 Å². The lowest BCUT2D eigenvalue weighted by Crippen LogP contribution is -2.92. The molecular weight excluding hydrogens is 341 g/mol. The van der Waals surface area contributed by atoms with Crippen molar-refractivity contribution in [2.45, 2.75) is 43.9 Å². The van der Waals surface area contributed by atoms with E-state index in [9.17, 15) is 18.0 Å². The molecule has 138 valence electrons. The average Bonchev–Trinajstić information content (AvgIpc) is 3.13. The van der Waals surface area contributed by atoms with Crippen LogP contribution in [-0.2, 0) is 11.0 Å². The highest BCUT2D eigenvalue weighted by molar-refractivity contribution is 5.94. The van der Waals surface area contributed by atoms with Crippen LogP contribution in [0.4, 0.5) is 18.9 Å². The number of alkyl halides is 3. The number of hydrogen-bond acceptors (Lipinski definition) is 1. The summed E-state index contributed by atoms with van der Waals surface area (Å²) in [4.78, 5) is 12.8. The van der Waals surface area contributed by atoms with E-state index in [-0.39, 0.29) is 11.6 Å². The molecule has 26 heavy (non-hydrogen) atoms. The monoisotopic (exact) mass is 363 g/mol. The van der Waals surface area contributed by atoms with Gasteiger partial charge < -0.3 is 10.6 Å². The van der Waals surface area contributed by atoms with Gasteiger partial charge in [0.25, 0.3) is 5.91 Å². The Labute approximate surface area is 150 Å². The second-order valence-corrected chi connectivity index (χ2v) is 6.69. The van der Waals surface area contributed by atoms with Gasteiger partial charge in [-0.2, -0.15) is 13.2 Å². The van der Waals surface area contributed by atoms with E-state index >= 15 is 0 Å². The third kappa shape index (κ3) is 4.64. The number of anilines is 1. The van der Waals surface area contributed by atoms with E-state index in [1.807, 2.05) is 35.6 Å². The van der Waals surface area contributed by atoms with Crippen molar-refractivity contribution in [2.24, 2.45) is 0 Å². The first-order chi connectivity index (χ1) is 12.4. The molecule has 2 aromatic carbocycles. The average molecular weight is 363 g/mol. The molecule has 0 aromatic heterocycles. The van der Waals surface area contributed by atoms with Crippen molar-refractivity contribution < 1.29 is 23.3 Å². The van der Waals surface area contributed by atoms with Crippen molar-refractivity contribution in [3.8, 4) is 0 Å². The van der Waals surface area contributed by atoms with Crippen LogP contribution in [0.15, 0.2) is 54.6 Å². The zero-order valence-corrected chi connectivity index (χ0v) is 14.3. The first-order valence-corrected chi connectivity index (χ1v) is 8.81. The van der Waals surface area contributed by atoms with Gasteiger partial charge >= 0.3 is 6.18 Å². The zero-order valence-electron chi connectivity index (χ0n) is 14.3. The number of rotatable bonds is 5. The van der Waals surface area contributed by atoms with Crippen LogP contribution in [0.25, 0.3) is 0 Å². The smallest absolute Gasteiger partial charge is 0.330 e. The number of halogens is 3. The minimum atomic E-state index is -4.43. The number of nitrogens with one attached hydrogen (secondary N) is 1. The van der Waals surface area contributed by atoms with Crippen LogP contribution in [0.2, 0.25) is 0 Å². The van der Waals surface area contributed by atoms with Gasteiger partial charge in [0.2, 0.25) is 0 Å². The van der Waals surface area contributed by atoms with Crippen molar-refractivity contribution in [3.63, 3.8) is 0 Å². The quantitative estimate of drug-likeness (QED) is 0.832. The molecular formula is C20H22F3N2O+. The van der Waals surface area contributed by atoms with Gasteiger partial charge in [-0.15, -0.1) is 0 Å². The maximum Gasteiger partial charge on any atom is 0.416 e. The van der Waals surface area contributed by atoms with Gasteiger partial charge in [0.1, 0.15) is 0 Å². The highest BCUT2D eigenvalue weighted by Gasteiger charge is 2.32. The summed E-state index contributed by atoms with van der Waals surface area (Å²) in [5, 5.41) is 4.70. The number of nitrogens with two attached hydrogens (primary N) is 1. The summed E-state index contributed by atoms with van der Waals surface area (Å²) in [6, 6.07) is 14.0. The number of quaternary nitrogens is 1. The second-order valence-electron chi connectivity index (χ2n) is 6.69. The van der Waals surface area contributed by atoms with Gasteiger partial charge in [0, 0.05) is 11.3 Å². The molecule has 0 aliphatic heterocycles. The summed E-state index contributed by atoms with van der Waals surface area (Å²) in [6.07, 6.45) is -0.0221. The Morgan fingerprint density at radius 3 is 2.38 bits per heavy atom. The van der Waals surface area contributed by atoms with Crippen molar-refractivity contribution in [1.82, 2.24) is 0 Å². The standard InChI is InChI=1S/C20H21F3N2O/c21-20(22,23)15-9-6-12-17(13-15)25-19(26)18(14-7-2-1-3-8-14)24-16-10-4-5-11-16/h1-3,6-9,12-13,16,18,24H,4-5,10-11H2,(H,25,26)/p+1/t18-/m0/s1. The molecule has 1 saturated carbocycles. The molecule has 0 unspecified atom stereocenters.